The Morgan fingerprint density at radius 2 is 1.97 bits per heavy atom. The summed E-state index contributed by atoms with van der Waals surface area (Å²) in [5, 5.41) is 0. The summed E-state index contributed by atoms with van der Waals surface area (Å²) in [6.07, 6.45) is 6.91. The quantitative estimate of drug-likeness (QED) is 0.802. The molecule has 1 saturated heterocycles. The highest BCUT2D eigenvalue weighted by atomic mass is 16.2. The number of hydrogen-bond donors (Lipinski definition) is 0. The van der Waals surface area contributed by atoms with Crippen LogP contribution in [0.2, 0.25) is 0 Å². The van der Waals surface area contributed by atoms with E-state index in [1.807, 2.05) is 34.2 Å². The number of carbonyl (C=O) groups excluding carboxylic acids is 2. The molecule has 0 spiro atoms. The Morgan fingerprint density at radius 1 is 1.14 bits per heavy atom. The monoisotopic (exact) mass is 392 g/mol. The lowest BCUT2D eigenvalue weighted by atomic mass is 9.99. The topological polar surface area (TPSA) is 66.4 Å². The highest BCUT2D eigenvalue weighted by Gasteiger charge is 2.31. The highest BCUT2D eigenvalue weighted by Crippen LogP contribution is 2.30. The highest BCUT2D eigenvalue weighted by molar-refractivity contribution is 5.77. The lowest BCUT2D eigenvalue weighted by Crippen LogP contribution is -2.40. The zero-order valence-electron chi connectivity index (χ0n) is 17.0. The van der Waals surface area contributed by atoms with Crippen LogP contribution in [0.25, 0.3) is 0 Å². The maximum absolute atomic E-state index is 13.0. The maximum Gasteiger partial charge on any atom is 0.223 e. The van der Waals surface area contributed by atoms with Gasteiger partial charge in [-0.25, -0.2) is 9.97 Å². The molecule has 0 saturated carbocycles. The van der Waals surface area contributed by atoms with Gasteiger partial charge in [0.05, 0.1) is 11.7 Å². The maximum atomic E-state index is 13.0. The predicted octanol–water partition coefficient (Wildman–Crippen LogP) is 3.07. The van der Waals surface area contributed by atoms with Crippen LogP contribution in [0.5, 0.6) is 0 Å². The van der Waals surface area contributed by atoms with Gasteiger partial charge in [0.2, 0.25) is 11.8 Å². The van der Waals surface area contributed by atoms with Gasteiger partial charge in [-0.15, -0.1) is 0 Å². The number of aryl methyl sites for hydroxylation is 1. The fourth-order valence-electron chi connectivity index (χ4n) is 4.30. The van der Waals surface area contributed by atoms with Crippen LogP contribution in [0.3, 0.4) is 0 Å². The molecule has 4 rings (SSSR count). The van der Waals surface area contributed by atoms with Gasteiger partial charge in [-0.3, -0.25) is 9.59 Å². The number of nitrogens with zero attached hydrogens (tertiary/aromatic N) is 4. The summed E-state index contributed by atoms with van der Waals surface area (Å²) < 4.78 is 0. The summed E-state index contributed by atoms with van der Waals surface area (Å²) in [5.41, 5.74) is 3.23. The number of benzene rings is 1. The second kappa shape index (κ2) is 8.72. The Bertz CT molecular complexity index is 884. The van der Waals surface area contributed by atoms with Crippen LogP contribution in [-0.2, 0) is 29.0 Å². The smallest absolute Gasteiger partial charge is 0.223 e. The van der Waals surface area contributed by atoms with Gasteiger partial charge in [0.1, 0.15) is 0 Å². The summed E-state index contributed by atoms with van der Waals surface area (Å²) >= 11 is 0. The van der Waals surface area contributed by atoms with Crippen molar-refractivity contribution in [3.8, 4) is 0 Å². The number of amides is 2. The standard InChI is InChI=1S/C23H28N4O2/c1-17(28)26-14-12-20-19(16-26)15-24-23(25-20)21-9-5-6-13-27(21)22(29)11-10-18-7-3-2-4-8-18/h2-4,7-8,15,21H,5-6,9-14,16H2,1H3/t21-/m0/s1. The van der Waals surface area contributed by atoms with E-state index in [4.69, 9.17) is 4.98 Å². The number of fused-ring (bicyclic) bond motifs is 1. The second-order valence-electron chi connectivity index (χ2n) is 7.98. The van der Waals surface area contributed by atoms with Crippen LogP contribution in [0, 0.1) is 0 Å². The largest absolute Gasteiger partial charge is 0.338 e. The molecule has 0 bridgehead atoms. The molecule has 1 fully saturated rings. The summed E-state index contributed by atoms with van der Waals surface area (Å²) in [6.45, 7) is 3.65. The Morgan fingerprint density at radius 3 is 2.76 bits per heavy atom. The number of hydrogen-bond acceptors (Lipinski definition) is 4. The fraction of sp³-hybridized carbons (Fsp3) is 0.478. The first-order valence-electron chi connectivity index (χ1n) is 10.6. The molecule has 6 heteroatoms. The third-order valence-electron chi connectivity index (χ3n) is 5.99. The number of carbonyl (C=O) groups is 2. The van der Waals surface area contributed by atoms with E-state index in [-0.39, 0.29) is 17.9 Å². The summed E-state index contributed by atoms with van der Waals surface area (Å²) in [6, 6.07) is 10.1. The Hall–Kier alpha value is -2.76. The normalized spacial score (nSPS) is 19.0. The minimum absolute atomic E-state index is 0.0387. The van der Waals surface area contributed by atoms with Gasteiger partial charge in [0.15, 0.2) is 5.82 Å². The minimum atomic E-state index is -0.0387. The first kappa shape index (κ1) is 19.6. The van der Waals surface area contributed by atoms with E-state index in [0.717, 1.165) is 55.7 Å². The molecule has 2 aliphatic heterocycles. The SMILES string of the molecule is CC(=O)N1CCc2nc([C@@H]3CCCCN3C(=O)CCc3ccccc3)ncc2C1. The molecule has 3 heterocycles. The van der Waals surface area contributed by atoms with Crippen molar-refractivity contribution in [2.24, 2.45) is 0 Å². The van der Waals surface area contributed by atoms with Gasteiger partial charge in [-0.05, 0) is 31.2 Å². The molecule has 1 aromatic carbocycles. The van der Waals surface area contributed by atoms with E-state index in [1.54, 1.807) is 6.92 Å². The van der Waals surface area contributed by atoms with Crippen molar-refractivity contribution in [2.45, 2.75) is 58.0 Å². The third-order valence-corrected chi connectivity index (χ3v) is 5.99. The Labute approximate surface area is 172 Å². The molecule has 152 valence electrons. The molecule has 2 aliphatic rings. The molecule has 0 radical (unpaired) electrons. The zero-order chi connectivity index (χ0) is 20.2. The molecular formula is C23H28N4O2. The molecule has 6 nitrogen and oxygen atoms in total. The van der Waals surface area contributed by atoms with Crippen molar-refractivity contribution in [3.63, 3.8) is 0 Å². The molecule has 2 amide bonds. The van der Waals surface area contributed by atoms with Crippen molar-refractivity contribution in [1.29, 1.82) is 0 Å². The summed E-state index contributed by atoms with van der Waals surface area (Å²) in [5.74, 6) is 1.03. The molecule has 2 aromatic rings. The number of piperidine rings is 1. The molecular weight excluding hydrogens is 364 g/mol. The summed E-state index contributed by atoms with van der Waals surface area (Å²) in [7, 11) is 0. The van der Waals surface area contributed by atoms with Gasteiger partial charge < -0.3 is 9.80 Å². The summed E-state index contributed by atoms with van der Waals surface area (Å²) in [4.78, 5) is 37.9. The van der Waals surface area contributed by atoms with Crippen molar-refractivity contribution in [3.05, 3.63) is 59.2 Å². The average molecular weight is 393 g/mol. The lowest BCUT2D eigenvalue weighted by molar-refractivity contribution is -0.135. The van der Waals surface area contributed by atoms with Crippen LogP contribution in [0.4, 0.5) is 0 Å². The Kier molecular flexibility index (Phi) is 5.88. The lowest BCUT2D eigenvalue weighted by Gasteiger charge is -2.35. The van der Waals surface area contributed by atoms with E-state index in [1.165, 1.54) is 5.56 Å². The second-order valence-corrected chi connectivity index (χ2v) is 7.98. The van der Waals surface area contributed by atoms with E-state index >= 15 is 0 Å². The van der Waals surface area contributed by atoms with E-state index in [2.05, 4.69) is 17.1 Å². The van der Waals surface area contributed by atoms with Gasteiger partial charge in [-0.2, -0.15) is 0 Å². The van der Waals surface area contributed by atoms with Crippen LogP contribution < -0.4 is 0 Å². The van der Waals surface area contributed by atoms with E-state index in [9.17, 15) is 9.59 Å². The number of rotatable bonds is 4. The minimum Gasteiger partial charge on any atom is -0.338 e. The molecule has 1 atom stereocenters. The van der Waals surface area contributed by atoms with Crippen molar-refractivity contribution in [1.82, 2.24) is 19.8 Å². The average Bonchev–Trinajstić information content (AvgIpc) is 2.77. The number of likely N-dealkylation sites (tertiary alicyclic amines) is 1. The molecule has 0 unspecified atom stereocenters. The fourth-order valence-corrected chi connectivity index (χ4v) is 4.30. The van der Waals surface area contributed by atoms with Crippen LogP contribution in [-0.4, -0.2) is 44.7 Å². The Balaban J connectivity index is 1.47. The van der Waals surface area contributed by atoms with Crippen molar-refractivity contribution >= 4 is 11.8 Å². The molecule has 0 N–H and O–H groups in total. The van der Waals surface area contributed by atoms with Crippen molar-refractivity contribution in [2.75, 3.05) is 13.1 Å². The number of aromatic nitrogens is 2. The molecule has 1 aromatic heterocycles. The first-order valence-corrected chi connectivity index (χ1v) is 10.6. The predicted molar refractivity (Wildman–Crippen MR) is 110 cm³/mol. The van der Waals surface area contributed by atoms with E-state index in [0.29, 0.717) is 19.5 Å². The third kappa shape index (κ3) is 4.47. The van der Waals surface area contributed by atoms with E-state index < -0.39 is 0 Å². The van der Waals surface area contributed by atoms with Gasteiger partial charge in [0.25, 0.3) is 0 Å². The van der Waals surface area contributed by atoms with Gasteiger partial charge >= 0.3 is 0 Å². The van der Waals surface area contributed by atoms with Gasteiger partial charge in [-0.1, -0.05) is 30.3 Å². The van der Waals surface area contributed by atoms with Crippen LogP contribution in [0.1, 0.15) is 61.3 Å². The zero-order valence-corrected chi connectivity index (χ0v) is 17.0. The first-order chi connectivity index (χ1) is 14.1. The van der Waals surface area contributed by atoms with Crippen LogP contribution in [0.15, 0.2) is 36.5 Å². The van der Waals surface area contributed by atoms with Crippen molar-refractivity contribution < 1.29 is 9.59 Å². The molecule has 0 aliphatic carbocycles. The van der Waals surface area contributed by atoms with Crippen LogP contribution >= 0.6 is 0 Å². The van der Waals surface area contributed by atoms with Gasteiger partial charge in [0, 0.05) is 51.2 Å². The molecule has 29 heavy (non-hydrogen) atoms.